The fraction of sp³-hybridized carbons (Fsp3) is 0.333. The van der Waals surface area contributed by atoms with Crippen LogP contribution in [0.4, 0.5) is 9.52 Å². The van der Waals surface area contributed by atoms with Gasteiger partial charge in [-0.1, -0.05) is 17.4 Å². The molecule has 1 aliphatic heterocycles. The summed E-state index contributed by atoms with van der Waals surface area (Å²) >= 11 is 1.33. The first-order valence-electron chi connectivity index (χ1n) is 9.58. The fourth-order valence-electron chi connectivity index (χ4n) is 3.37. The van der Waals surface area contributed by atoms with Crippen LogP contribution in [0.5, 0.6) is 5.75 Å². The second-order valence-corrected chi connectivity index (χ2v) is 7.89. The minimum Gasteiger partial charge on any atom is -0.497 e. The predicted octanol–water partition coefficient (Wildman–Crippen LogP) is 2.01. The molecule has 0 bridgehead atoms. The van der Waals surface area contributed by atoms with E-state index in [1.165, 1.54) is 22.3 Å². The van der Waals surface area contributed by atoms with Crippen LogP contribution in [-0.4, -0.2) is 57.4 Å². The molecule has 152 valence electrons. The number of thiazole rings is 1. The van der Waals surface area contributed by atoms with Gasteiger partial charge in [0.25, 0.3) is 5.91 Å². The summed E-state index contributed by atoms with van der Waals surface area (Å²) in [7, 11) is 1.59. The topological polar surface area (TPSA) is 56.1 Å². The van der Waals surface area contributed by atoms with Gasteiger partial charge in [-0.2, -0.15) is 0 Å². The number of nitrogens with zero attached hydrogens (tertiary/aromatic N) is 2. The number of halogens is 1. The summed E-state index contributed by atoms with van der Waals surface area (Å²) in [6.07, 6.45) is 0. The molecule has 0 aliphatic carbocycles. The minimum absolute atomic E-state index is 0.153. The number of hydrogen-bond acceptors (Lipinski definition) is 5. The highest BCUT2D eigenvalue weighted by Crippen LogP contribution is 2.31. The number of hydrogen-bond donors (Lipinski definition) is 1. The number of para-hydroxylation sites is 1. The number of rotatable bonds is 6. The Morgan fingerprint density at radius 2 is 2.00 bits per heavy atom. The smallest absolute Gasteiger partial charge is 0.260 e. The molecule has 0 radical (unpaired) electrons. The van der Waals surface area contributed by atoms with E-state index in [2.05, 4.69) is 4.98 Å². The lowest BCUT2D eigenvalue weighted by Crippen LogP contribution is -3.14. The summed E-state index contributed by atoms with van der Waals surface area (Å²) in [4.78, 5) is 20.8. The van der Waals surface area contributed by atoms with Crippen molar-refractivity contribution < 1.29 is 23.6 Å². The SMILES string of the molecule is COc1ccc(C(=O)N(CC[NH+]2CCOCC2)c2nc3c(F)cccc3s2)cc1. The summed E-state index contributed by atoms with van der Waals surface area (Å²) in [6, 6.07) is 11.9. The highest BCUT2D eigenvalue weighted by Gasteiger charge is 2.24. The molecule has 8 heteroatoms. The molecule has 4 rings (SSSR count). The van der Waals surface area contributed by atoms with E-state index in [9.17, 15) is 9.18 Å². The van der Waals surface area contributed by atoms with Crippen LogP contribution in [-0.2, 0) is 4.74 Å². The van der Waals surface area contributed by atoms with Gasteiger partial charge in [0.1, 0.15) is 30.2 Å². The average molecular weight is 416 g/mol. The number of fused-ring (bicyclic) bond motifs is 1. The summed E-state index contributed by atoms with van der Waals surface area (Å²) < 4.78 is 25.5. The van der Waals surface area contributed by atoms with Crippen LogP contribution in [0, 0.1) is 5.82 Å². The molecular formula is C21H23FN3O3S+. The van der Waals surface area contributed by atoms with Gasteiger partial charge in [0, 0.05) is 5.56 Å². The standard InChI is InChI=1S/C21H22FN3O3S/c1-27-16-7-5-15(6-8-16)20(26)25(10-9-24-11-13-28-14-12-24)21-23-19-17(22)3-2-4-18(19)29-21/h2-8H,9-14H2,1H3/p+1. The maximum atomic E-state index is 14.2. The summed E-state index contributed by atoms with van der Waals surface area (Å²) in [5.41, 5.74) is 0.848. The van der Waals surface area contributed by atoms with Crippen LogP contribution in [0.1, 0.15) is 10.4 Å². The molecule has 1 amide bonds. The normalized spacial score (nSPS) is 14.8. The Labute approximate surface area is 172 Å². The van der Waals surface area contributed by atoms with Crippen LogP contribution < -0.4 is 14.5 Å². The molecule has 0 unspecified atom stereocenters. The first kappa shape index (κ1) is 19.8. The Hall–Kier alpha value is -2.55. The predicted molar refractivity (Wildman–Crippen MR) is 111 cm³/mol. The zero-order valence-electron chi connectivity index (χ0n) is 16.2. The molecule has 2 aromatic carbocycles. The zero-order chi connectivity index (χ0) is 20.2. The third kappa shape index (κ3) is 4.39. The van der Waals surface area contributed by atoms with E-state index in [0.29, 0.717) is 28.5 Å². The molecule has 29 heavy (non-hydrogen) atoms. The lowest BCUT2D eigenvalue weighted by atomic mass is 10.2. The number of benzene rings is 2. The lowest BCUT2D eigenvalue weighted by Gasteiger charge is -2.27. The Morgan fingerprint density at radius 1 is 1.24 bits per heavy atom. The molecule has 0 saturated carbocycles. The molecule has 2 heterocycles. The van der Waals surface area contributed by atoms with Crippen molar-refractivity contribution in [2.75, 3.05) is 51.4 Å². The van der Waals surface area contributed by atoms with Crippen molar-refractivity contribution in [3.8, 4) is 5.75 Å². The van der Waals surface area contributed by atoms with Gasteiger partial charge < -0.3 is 14.4 Å². The number of ether oxygens (including phenoxy) is 2. The molecule has 1 fully saturated rings. The highest BCUT2D eigenvalue weighted by atomic mass is 32.1. The second kappa shape index (κ2) is 8.86. The average Bonchev–Trinajstić information content (AvgIpc) is 3.20. The van der Waals surface area contributed by atoms with E-state index in [0.717, 1.165) is 37.5 Å². The Bertz CT molecular complexity index is 987. The number of methoxy groups -OCH3 is 1. The fourth-order valence-corrected chi connectivity index (χ4v) is 4.38. The largest absolute Gasteiger partial charge is 0.497 e. The molecule has 1 N–H and O–H groups in total. The van der Waals surface area contributed by atoms with E-state index in [-0.39, 0.29) is 11.7 Å². The van der Waals surface area contributed by atoms with Crippen molar-refractivity contribution in [1.82, 2.24) is 4.98 Å². The number of carbonyl (C=O) groups excluding carboxylic acids is 1. The van der Waals surface area contributed by atoms with Gasteiger partial charge in [-0.05, 0) is 36.4 Å². The van der Waals surface area contributed by atoms with Gasteiger partial charge in [0.2, 0.25) is 0 Å². The number of nitrogens with one attached hydrogen (secondary N) is 1. The van der Waals surface area contributed by atoms with Crippen molar-refractivity contribution in [2.45, 2.75) is 0 Å². The van der Waals surface area contributed by atoms with Crippen molar-refractivity contribution in [1.29, 1.82) is 0 Å². The molecule has 3 aromatic rings. The van der Waals surface area contributed by atoms with Gasteiger partial charge in [0.15, 0.2) is 5.13 Å². The highest BCUT2D eigenvalue weighted by molar-refractivity contribution is 7.22. The third-order valence-corrected chi connectivity index (χ3v) is 6.10. The first-order valence-corrected chi connectivity index (χ1v) is 10.4. The first-order chi connectivity index (χ1) is 14.2. The number of carbonyl (C=O) groups is 1. The molecular weight excluding hydrogens is 393 g/mol. The summed E-state index contributed by atoms with van der Waals surface area (Å²) in [5, 5.41) is 0.513. The van der Waals surface area contributed by atoms with Crippen LogP contribution in [0.15, 0.2) is 42.5 Å². The van der Waals surface area contributed by atoms with Crippen LogP contribution in [0.3, 0.4) is 0 Å². The van der Waals surface area contributed by atoms with Crippen molar-refractivity contribution in [3.05, 3.63) is 53.8 Å². The van der Waals surface area contributed by atoms with Crippen LogP contribution in [0.2, 0.25) is 0 Å². The van der Waals surface area contributed by atoms with Gasteiger partial charge >= 0.3 is 0 Å². The Kier molecular flexibility index (Phi) is 6.03. The zero-order valence-corrected chi connectivity index (χ0v) is 17.0. The molecule has 1 aliphatic rings. The number of morpholine rings is 1. The quantitative estimate of drug-likeness (QED) is 0.668. The Morgan fingerprint density at radius 3 is 2.69 bits per heavy atom. The number of amides is 1. The van der Waals surface area contributed by atoms with Gasteiger partial charge in [-0.25, -0.2) is 9.37 Å². The molecule has 1 aromatic heterocycles. The molecule has 6 nitrogen and oxygen atoms in total. The van der Waals surface area contributed by atoms with Gasteiger partial charge in [-0.3, -0.25) is 9.69 Å². The third-order valence-electron chi connectivity index (χ3n) is 5.06. The number of anilines is 1. The van der Waals surface area contributed by atoms with Gasteiger partial charge in [-0.15, -0.1) is 0 Å². The maximum Gasteiger partial charge on any atom is 0.260 e. The van der Waals surface area contributed by atoms with E-state index < -0.39 is 0 Å². The van der Waals surface area contributed by atoms with E-state index >= 15 is 0 Å². The van der Waals surface area contributed by atoms with E-state index in [4.69, 9.17) is 9.47 Å². The minimum atomic E-state index is -0.374. The second-order valence-electron chi connectivity index (χ2n) is 6.88. The lowest BCUT2D eigenvalue weighted by molar-refractivity contribution is -0.906. The van der Waals surface area contributed by atoms with Crippen molar-refractivity contribution in [3.63, 3.8) is 0 Å². The molecule has 0 spiro atoms. The Balaban J connectivity index is 1.63. The van der Waals surface area contributed by atoms with Gasteiger partial charge in [0.05, 0.1) is 38.1 Å². The van der Waals surface area contributed by atoms with Crippen LogP contribution in [0.25, 0.3) is 10.2 Å². The number of aromatic nitrogens is 1. The summed E-state index contributed by atoms with van der Waals surface area (Å²) in [5.74, 6) is 0.161. The monoisotopic (exact) mass is 416 g/mol. The summed E-state index contributed by atoms with van der Waals surface area (Å²) in [6.45, 7) is 4.57. The van der Waals surface area contributed by atoms with Crippen molar-refractivity contribution in [2.24, 2.45) is 0 Å². The molecule has 0 atom stereocenters. The van der Waals surface area contributed by atoms with E-state index in [1.54, 1.807) is 42.3 Å². The number of quaternary nitrogens is 1. The maximum absolute atomic E-state index is 14.2. The van der Waals surface area contributed by atoms with Crippen LogP contribution >= 0.6 is 11.3 Å². The molecule has 1 saturated heterocycles. The van der Waals surface area contributed by atoms with E-state index in [1.807, 2.05) is 6.07 Å². The van der Waals surface area contributed by atoms with Crippen molar-refractivity contribution >= 4 is 32.6 Å².